The number of hydrogen-bond donors (Lipinski definition) is 0. The van der Waals surface area contributed by atoms with Crippen molar-refractivity contribution in [3.05, 3.63) is 38.9 Å². The van der Waals surface area contributed by atoms with Crippen LogP contribution in [0.25, 0.3) is 0 Å². The third-order valence-electron chi connectivity index (χ3n) is 4.32. The van der Waals surface area contributed by atoms with E-state index in [-0.39, 0.29) is 36.7 Å². The van der Waals surface area contributed by atoms with Crippen molar-refractivity contribution in [3.8, 4) is 0 Å². The fourth-order valence-corrected chi connectivity index (χ4v) is 4.59. The summed E-state index contributed by atoms with van der Waals surface area (Å²) in [4.78, 5) is 23.9. The van der Waals surface area contributed by atoms with Gasteiger partial charge in [0, 0.05) is 50.3 Å². The minimum Gasteiger partial charge on any atom is -0.341 e. The Labute approximate surface area is 157 Å². The molecule has 1 aromatic rings. The molecule has 0 bridgehead atoms. The SMILES string of the molecule is CN(Cc1cc([N+](=O)[O-])ccc1Cl)C(=O)CCCS(=O)(=O)N1CCCC1. The number of nitro groups is 1. The first-order valence-electron chi connectivity index (χ1n) is 8.35. The largest absolute Gasteiger partial charge is 0.341 e. The first-order valence-corrected chi connectivity index (χ1v) is 10.3. The molecule has 0 aromatic heterocycles. The molecule has 144 valence electrons. The van der Waals surface area contributed by atoms with Crippen LogP contribution in [0.1, 0.15) is 31.2 Å². The number of carbonyl (C=O) groups is 1. The molecule has 0 spiro atoms. The molecule has 0 atom stereocenters. The van der Waals surface area contributed by atoms with E-state index >= 15 is 0 Å². The van der Waals surface area contributed by atoms with Crippen molar-refractivity contribution in [2.45, 2.75) is 32.2 Å². The number of carbonyl (C=O) groups excluding carboxylic acids is 1. The van der Waals surface area contributed by atoms with E-state index in [9.17, 15) is 23.3 Å². The predicted molar refractivity (Wildman–Crippen MR) is 98.4 cm³/mol. The third kappa shape index (κ3) is 5.39. The highest BCUT2D eigenvalue weighted by Crippen LogP contribution is 2.23. The van der Waals surface area contributed by atoms with E-state index in [2.05, 4.69) is 0 Å². The molecule has 0 radical (unpaired) electrons. The number of amides is 1. The summed E-state index contributed by atoms with van der Waals surface area (Å²) in [5, 5.41) is 11.2. The summed E-state index contributed by atoms with van der Waals surface area (Å²) in [6, 6.07) is 4.07. The molecule has 1 amide bonds. The quantitative estimate of drug-likeness (QED) is 0.490. The first kappa shape index (κ1) is 20.6. The second-order valence-corrected chi connectivity index (χ2v) is 8.80. The molecule has 10 heteroatoms. The topological polar surface area (TPSA) is 101 Å². The van der Waals surface area contributed by atoms with Crippen LogP contribution in [0, 0.1) is 10.1 Å². The average molecular weight is 404 g/mol. The van der Waals surface area contributed by atoms with Gasteiger partial charge in [0.05, 0.1) is 10.7 Å². The molecule has 0 N–H and O–H groups in total. The van der Waals surface area contributed by atoms with Gasteiger partial charge in [0.2, 0.25) is 15.9 Å². The van der Waals surface area contributed by atoms with Gasteiger partial charge in [-0.25, -0.2) is 12.7 Å². The van der Waals surface area contributed by atoms with Crippen molar-refractivity contribution in [2.24, 2.45) is 0 Å². The van der Waals surface area contributed by atoms with Gasteiger partial charge < -0.3 is 4.90 Å². The molecule has 1 aromatic carbocycles. The molecule has 1 heterocycles. The van der Waals surface area contributed by atoms with Crippen LogP contribution in [0.3, 0.4) is 0 Å². The Hall–Kier alpha value is -1.71. The summed E-state index contributed by atoms with van der Waals surface area (Å²) in [7, 11) is -1.73. The van der Waals surface area contributed by atoms with E-state index in [1.54, 1.807) is 7.05 Å². The molecular formula is C16H22ClN3O5S. The molecule has 1 aliphatic rings. The molecule has 1 aliphatic heterocycles. The van der Waals surface area contributed by atoms with Crippen molar-refractivity contribution in [2.75, 3.05) is 25.9 Å². The Morgan fingerprint density at radius 2 is 2.00 bits per heavy atom. The van der Waals surface area contributed by atoms with Gasteiger partial charge in [0.25, 0.3) is 5.69 Å². The number of rotatable bonds is 8. The maximum atomic E-state index is 12.2. The van der Waals surface area contributed by atoms with E-state index in [1.807, 2.05) is 0 Å². The molecule has 26 heavy (non-hydrogen) atoms. The molecule has 1 saturated heterocycles. The molecule has 0 unspecified atom stereocenters. The Balaban J connectivity index is 1.88. The summed E-state index contributed by atoms with van der Waals surface area (Å²) >= 11 is 6.04. The van der Waals surface area contributed by atoms with Crippen LogP contribution in [0.4, 0.5) is 5.69 Å². The number of hydrogen-bond acceptors (Lipinski definition) is 5. The highest BCUT2D eigenvalue weighted by atomic mass is 35.5. The summed E-state index contributed by atoms with van der Waals surface area (Å²) in [6.07, 6.45) is 2.09. The lowest BCUT2D eigenvalue weighted by molar-refractivity contribution is -0.384. The fourth-order valence-electron chi connectivity index (χ4n) is 2.83. The Morgan fingerprint density at radius 1 is 1.35 bits per heavy atom. The summed E-state index contributed by atoms with van der Waals surface area (Å²) in [5.74, 6) is -0.284. The minimum absolute atomic E-state index is 0.0514. The Morgan fingerprint density at radius 3 is 2.62 bits per heavy atom. The van der Waals surface area contributed by atoms with Crippen molar-refractivity contribution in [1.29, 1.82) is 0 Å². The second kappa shape index (κ2) is 8.79. The molecular weight excluding hydrogens is 382 g/mol. The lowest BCUT2D eigenvalue weighted by Gasteiger charge is -2.19. The van der Waals surface area contributed by atoms with Gasteiger partial charge >= 0.3 is 0 Å². The molecule has 0 aliphatic carbocycles. The summed E-state index contributed by atoms with van der Waals surface area (Å²) in [5.41, 5.74) is 0.378. The Kier molecular flexibility index (Phi) is 6.96. The lowest BCUT2D eigenvalue weighted by Crippen LogP contribution is -2.31. The summed E-state index contributed by atoms with van der Waals surface area (Å²) < 4.78 is 25.8. The standard InChI is InChI=1S/C16H22ClN3O5S/c1-18(12-13-11-14(20(22)23)6-7-15(13)17)16(21)5-4-10-26(24,25)19-8-2-3-9-19/h6-7,11H,2-5,8-10,12H2,1H3. The zero-order chi connectivity index (χ0) is 19.3. The van der Waals surface area contributed by atoms with E-state index in [0.717, 1.165) is 12.8 Å². The van der Waals surface area contributed by atoms with Crippen LogP contribution >= 0.6 is 11.6 Å². The van der Waals surface area contributed by atoms with Crippen molar-refractivity contribution < 1.29 is 18.1 Å². The number of halogens is 1. The first-order chi connectivity index (χ1) is 12.2. The average Bonchev–Trinajstić information content (AvgIpc) is 3.11. The van der Waals surface area contributed by atoms with Crippen LogP contribution in [0.5, 0.6) is 0 Å². The number of nitrogens with zero attached hydrogens (tertiary/aromatic N) is 3. The molecule has 2 rings (SSSR count). The van der Waals surface area contributed by atoms with Crippen LogP contribution in [0.15, 0.2) is 18.2 Å². The second-order valence-electron chi connectivity index (χ2n) is 6.31. The monoisotopic (exact) mass is 403 g/mol. The number of non-ortho nitro benzene ring substituents is 1. The zero-order valence-corrected chi connectivity index (χ0v) is 16.1. The number of sulfonamides is 1. The van der Waals surface area contributed by atoms with Gasteiger partial charge in [-0.1, -0.05) is 11.6 Å². The third-order valence-corrected chi connectivity index (χ3v) is 6.65. The van der Waals surface area contributed by atoms with Gasteiger partial charge in [-0.05, 0) is 30.9 Å². The molecule has 1 fully saturated rings. The lowest BCUT2D eigenvalue weighted by atomic mass is 10.2. The predicted octanol–water partition coefficient (Wildman–Crippen LogP) is 2.41. The van der Waals surface area contributed by atoms with E-state index in [4.69, 9.17) is 11.6 Å². The van der Waals surface area contributed by atoms with E-state index in [1.165, 1.54) is 27.4 Å². The van der Waals surface area contributed by atoms with Gasteiger partial charge in [-0.2, -0.15) is 0 Å². The smallest absolute Gasteiger partial charge is 0.269 e. The zero-order valence-electron chi connectivity index (χ0n) is 14.6. The van der Waals surface area contributed by atoms with Crippen LogP contribution < -0.4 is 0 Å². The minimum atomic E-state index is -3.30. The van der Waals surface area contributed by atoms with Gasteiger partial charge in [-0.15, -0.1) is 0 Å². The maximum Gasteiger partial charge on any atom is 0.269 e. The summed E-state index contributed by atoms with van der Waals surface area (Å²) in [6.45, 7) is 1.24. The van der Waals surface area contributed by atoms with Crippen molar-refractivity contribution in [1.82, 2.24) is 9.21 Å². The van der Waals surface area contributed by atoms with E-state index < -0.39 is 14.9 Å². The van der Waals surface area contributed by atoms with Crippen LogP contribution in [-0.2, 0) is 21.4 Å². The highest BCUT2D eigenvalue weighted by molar-refractivity contribution is 7.89. The van der Waals surface area contributed by atoms with Crippen molar-refractivity contribution in [3.63, 3.8) is 0 Å². The molecule has 8 nitrogen and oxygen atoms in total. The fraction of sp³-hybridized carbons (Fsp3) is 0.562. The highest BCUT2D eigenvalue weighted by Gasteiger charge is 2.25. The normalized spacial score (nSPS) is 15.2. The maximum absolute atomic E-state index is 12.2. The number of benzene rings is 1. The van der Waals surface area contributed by atoms with Crippen LogP contribution in [0.2, 0.25) is 5.02 Å². The number of nitro benzene ring substituents is 1. The van der Waals surface area contributed by atoms with Crippen LogP contribution in [-0.4, -0.2) is 54.3 Å². The van der Waals surface area contributed by atoms with Gasteiger partial charge in [-0.3, -0.25) is 14.9 Å². The van der Waals surface area contributed by atoms with Gasteiger partial charge in [0.15, 0.2) is 0 Å². The van der Waals surface area contributed by atoms with Gasteiger partial charge in [0.1, 0.15) is 0 Å². The van der Waals surface area contributed by atoms with Crippen molar-refractivity contribution >= 4 is 33.2 Å². The Bertz CT molecular complexity index is 778. The molecule has 0 saturated carbocycles. The van der Waals surface area contributed by atoms with E-state index in [0.29, 0.717) is 23.7 Å².